The van der Waals surface area contributed by atoms with E-state index >= 15 is 0 Å². The van der Waals surface area contributed by atoms with Crippen molar-refractivity contribution < 1.29 is 13.2 Å². The Hall–Kier alpha value is -1.58. The molecule has 1 aliphatic heterocycles. The van der Waals surface area contributed by atoms with Gasteiger partial charge < -0.3 is 19.5 Å². The Kier molecular flexibility index (Phi) is 7.08. The molecule has 8 nitrogen and oxygen atoms in total. The van der Waals surface area contributed by atoms with Crippen molar-refractivity contribution in [3.05, 3.63) is 24.0 Å². The third-order valence-corrected chi connectivity index (χ3v) is 6.25. The SMILES string of the molecule is CN=C(NCCS(=O)(=O)N1CC(C)OC(C)C1)N(C)Cc1cccn1C. The Morgan fingerprint density at radius 1 is 1.38 bits per heavy atom. The summed E-state index contributed by atoms with van der Waals surface area (Å²) in [5.41, 5.74) is 1.15. The molecule has 0 aliphatic carbocycles. The molecule has 1 saturated heterocycles. The second-order valence-electron chi connectivity index (χ2n) is 6.83. The van der Waals surface area contributed by atoms with Gasteiger partial charge in [0.2, 0.25) is 10.0 Å². The second kappa shape index (κ2) is 8.88. The largest absolute Gasteiger partial charge is 0.373 e. The van der Waals surface area contributed by atoms with Gasteiger partial charge in [-0.1, -0.05) is 0 Å². The standard InChI is InChI=1S/C17H31N5O3S/c1-14-11-22(12-15(2)25-14)26(23,24)10-8-19-17(18-3)21(5)13-16-7-6-9-20(16)4/h6-7,9,14-15H,8,10-13H2,1-5H3,(H,18,19). The molecule has 1 aromatic heterocycles. The minimum Gasteiger partial charge on any atom is -0.373 e. The number of guanidine groups is 1. The summed E-state index contributed by atoms with van der Waals surface area (Å²) in [5.74, 6) is 0.703. The molecule has 0 aromatic carbocycles. The predicted molar refractivity (Wildman–Crippen MR) is 104 cm³/mol. The first-order valence-corrected chi connectivity index (χ1v) is 10.5. The maximum atomic E-state index is 12.6. The maximum absolute atomic E-state index is 12.6. The topological polar surface area (TPSA) is 79.2 Å². The first-order valence-electron chi connectivity index (χ1n) is 8.88. The monoisotopic (exact) mass is 385 g/mol. The number of nitrogens with zero attached hydrogens (tertiary/aromatic N) is 4. The van der Waals surface area contributed by atoms with Crippen molar-refractivity contribution in [3.8, 4) is 0 Å². The summed E-state index contributed by atoms with van der Waals surface area (Å²) in [6.07, 6.45) is 1.84. The molecule has 0 radical (unpaired) electrons. The highest BCUT2D eigenvalue weighted by atomic mass is 32.2. The highest BCUT2D eigenvalue weighted by Gasteiger charge is 2.30. The van der Waals surface area contributed by atoms with Gasteiger partial charge in [0.1, 0.15) is 0 Å². The average Bonchev–Trinajstić information content (AvgIpc) is 2.95. The number of rotatable bonds is 6. The second-order valence-corrected chi connectivity index (χ2v) is 8.92. The van der Waals surface area contributed by atoms with Crippen LogP contribution in [0.5, 0.6) is 0 Å². The molecular weight excluding hydrogens is 354 g/mol. The van der Waals surface area contributed by atoms with Gasteiger partial charge in [0.25, 0.3) is 0 Å². The van der Waals surface area contributed by atoms with Gasteiger partial charge in [-0.05, 0) is 26.0 Å². The van der Waals surface area contributed by atoms with Crippen molar-refractivity contribution in [3.63, 3.8) is 0 Å². The van der Waals surface area contributed by atoms with Crippen LogP contribution in [0.25, 0.3) is 0 Å². The zero-order chi connectivity index (χ0) is 19.3. The number of morpholine rings is 1. The normalized spacial score (nSPS) is 22.4. The number of sulfonamides is 1. The summed E-state index contributed by atoms with van der Waals surface area (Å²) in [4.78, 5) is 6.22. The molecule has 1 aliphatic rings. The first kappa shape index (κ1) is 20.7. The van der Waals surface area contributed by atoms with Gasteiger partial charge in [-0.25, -0.2) is 8.42 Å². The van der Waals surface area contributed by atoms with Gasteiger partial charge in [-0.15, -0.1) is 0 Å². The van der Waals surface area contributed by atoms with Gasteiger partial charge in [0.15, 0.2) is 5.96 Å². The van der Waals surface area contributed by atoms with Crippen LogP contribution >= 0.6 is 0 Å². The van der Waals surface area contributed by atoms with Gasteiger partial charge in [-0.3, -0.25) is 4.99 Å². The molecule has 2 heterocycles. The molecule has 2 unspecified atom stereocenters. The number of aromatic nitrogens is 1. The van der Waals surface area contributed by atoms with Crippen LogP contribution in [0, 0.1) is 0 Å². The van der Waals surface area contributed by atoms with Crippen LogP contribution in [-0.4, -0.2) is 79.8 Å². The zero-order valence-corrected chi connectivity index (χ0v) is 17.2. The van der Waals surface area contributed by atoms with E-state index in [1.165, 1.54) is 4.31 Å². The van der Waals surface area contributed by atoms with Crippen molar-refractivity contribution in [1.29, 1.82) is 0 Å². The highest BCUT2D eigenvalue weighted by molar-refractivity contribution is 7.89. The molecule has 1 aromatic rings. The molecule has 26 heavy (non-hydrogen) atoms. The lowest BCUT2D eigenvalue weighted by Gasteiger charge is -2.34. The van der Waals surface area contributed by atoms with Crippen molar-refractivity contribution in [2.45, 2.75) is 32.6 Å². The molecule has 0 spiro atoms. The van der Waals surface area contributed by atoms with E-state index in [0.717, 1.165) is 5.69 Å². The Bertz CT molecular complexity index is 706. The van der Waals surface area contributed by atoms with E-state index in [9.17, 15) is 8.42 Å². The fourth-order valence-corrected chi connectivity index (χ4v) is 4.63. The first-order chi connectivity index (χ1) is 12.2. The molecule has 1 fully saturated rings. The van der Waals surface area contributed by atoms with Crippen LogP contribution in [0.1, 0.15) is 19.5 Å². The van der Waals surface area contributed by atoms with E-state index < -0.39 is 10.0 Å². The molecule has 2 atom stereocenters. The molecular formula is C17H31N5O3S. The van der Waals surface area contributed by atoms with Gasteiger partial charge in [-0.2, -0.15) is 4.31 Å². The van der Waals surface area contributed by atoms with Crippen molar-refractivity contribution in [1.82, 2.24) is 19.1 Å². The van der Waals surface area contributed by atoms with E-state index in [2.05, 4.69) is 20.9 Å². The molecule has 0 saturated carbocycles. The summed E-state index contributed by atoms with van der Waals surface area (Å²) in [7, 11) is 2.30. The average molecular weight is 386 g/mol. The van der Waals surface area contributed by atoms with Crippen LogP contribution in [-0.2, 0) is 28.4 Å². The van der Waals surface area contributed by atoms with E-state index in [1.54, 1.807) is 7.05 Å². The van der Waals surface area contributed by atoms with Crippen LogP contribution in [0.3, 0.4) is 0 Å². The minimum absolute atomic E-state index is 0.0312. The molecule has 2 rings (SSSR count). The number of aliphatic imine (C=N–C) groups is 1. The summed E-state index contributed by atoms with van der Waals surface area (Å²) >= 11 is 0. The van der Waals surface area contributed by atoms with Gasteiger partial charge in [0.05, 0.1) is 24.5 Å². The fraction of sp³-hybridized carbons (Fsp3) is 0.706. The summed E-state index contributed by atoms with van der Waals surface area (Å²) in [6.45, 7) is 5.62. The lowest BCUT2D eigenvalue weighted by atomic mass is 10.3. The number of nitrogens with one attached hydrogen (secondary N) is 1. The van der Waals surface area contributed by atoms with Crippen LogP contribution < -0.4 is 5.32 Å². The fourth-order valence-electron chi connectivity index (χ4n) is 3.14. The van der Waals surface area contributed by atoms with E-state index in [1.807, 2.05) is 45.1 Å². The Labute approximate surface area is 156 Å². The number of ether oxygens (including phenoxy) is 1. The Balaban J connectivity index is 1.87. The quantitative estimate of drug-likeness (QED) is 0.569. The Morgan fingerprint density at radius 2 is 2.04 bits per heavy atom. The third-order valence-electron chi connectivity index (χ3n) is 4.45. The molecule has 0 bridgehead atoms. The summed E-state index contributed by atoms with van der Waals surface area (Å²) in [6, 6.07) is 4.05. The van der Waals surface area contributed by atoms with Crippen molar-refractivity contribution >= 4 is 16.0 Å². The van der Waals surface area contributed by atoms with Crippen molar-refractivity contribution in [2.24, 2.45) is 12.0 Å². The number of hydrogen-bond acceptors (Lipinski definition) is 4. The zero-order valence-electron chi connectivity index (χ0n) is 16.3. The smallest absolute Gasteiger partial charge is 0.216 e. The Morgan fingerprint density at radius 3 is 2.58 bits per heavy atom. The van der Waals surface area contributed by atoms with Gasteiger partial charge >= 0.3 is 0 Å². The lowest BCUT2D eigenvalue weighted by molar-refractivity contribution is -0.0440. The molecule has 9 heteroatoms. The van der Waals surface area contributed by atoms with Gasteiger partial charge in [0, 0.05) is 52.7 Å². The number of hydrogen-bond donors (Lipinski definition) is 1. The summed E-state index contributed by atoms with van der Waals surface area (Å²) in [5, 5.41) is 3.15. The molecule has 1 N–H and O–H groups in total. The maximum Gasteiger partial charge on any atom is 0.216 e. The predicted octanol–water partition coefficient (Wildman–Crippen LogP) is 0.471. The summed E-state index contributed by atoms with van der Waals surface area (Å²) < 4.78 is 34.4. The van der Waals surface area contributed by atoms with E-state index in [-0.39, 0.29) is 18.0 Å². The minimum atomic E-state index is -3.32. The number of aryl methyl sites for hydroxylation is 1. The van der Waals surface area contributed by atoms with E-state index in [0.29, 0.717) is 32.1 Å². The lowest BCUT2D eigenvalue weighted by Crippen LogP contribution is -2.50. The highest BCUT2D eigenvalue weighted by Crippen LogP contribution is 2.14. The van der Waals surface area contributed by atoms with Crippen molar-refractivity contribution in [2.75, 3.05) is 39.5 Å². The van der Waals surface area contributed by atoms with Crippen LogP contribution in [0.2, 0.25) is 0 Å². The van der Waals surface area contributed by atoms with E-state index in [4.69, 9.17) is 4.74 Å². The molecule has 0 amide bonds. The third kappa shape index (κ3) is 5.46. The van der Waals surface area contributed by atoms with Crippen LogP contribution in [0.4, 0.5) is 0 Å². The van der Waals surface area contributed by atoms with Crippen LogP contribution in [0.15, 0.2) is 23.3 Å². The molecule has 148 valence electrons.